The Kier molecular flexibility index (Phi) is 4.85. The Morgan fingerprint density at radius 3 is 2.77 bits per heavy atom. The van der Waals surface area contributed by atoms with Crippen LogP contribution in [0.15, 0.2) is 36.4 Å². The molecule has 2 aromatic carbocycles. The van der Waals surface area contributed by atoms with Gasteiger partial charge in [-0.3, -0.25) is 14.9 Å². The highest BCUT2D eigenvalue weighted by Crippen LogP contribution is 2.40. The number of nitro groups is 1. The van der Waals surface area contributed by atoms with Crippen molar-refractivity contribution in [3.05, 3.63) is 63.5 Å². The molecule has 0 aromatic heterocycles. The highest BCUT2D eigenvalue weighted by molar-refractivity contribution is 6.05. The number of carbonyl (C=O) groups is 1. The van der Waals surface area contributed by atoms with Gasteiger partial charge in [0, 0.05) is 24.1 Å². The van der Waals surface area contributed by atoms with Crippen molar-refractivity contribution in [2.75, 3.05) is 26.0 Å². The molecule has 1 N–H and O–H groups in total. The number of halogens is 1. The van der Waals surface area contributed by atoms with E-state index in [9.17, 15) is 19.3 Å². The van der Waals surface area contributed by atoms with E-state index in [1.807, 2.05) is 20.2 Å². The van der Waals surface area contributed by atoms with Crippen molar-refractivity contribution in [3.8, 4) is 5.75 Å². The standard InChI is InChI=1S/C18H18FN3O4/c1-21(2)16-8-9-26-17-13(16)4-3-5-15(17)20-18(23)12-7-6-11(22(24)25)10-14(12)19/h3-7,10,16H,8-9H2,1-2H3,(H,20,23). The average molecular weight is 359 g/mol. The molecule has 3 rings (SSSR count). The summed E-state index contributed by atoms with van der Waals surface area (Å²) in [6, 6.07) is 8.49. The van der Waals surface area contributed by atoms with E-state index in [0.29, 0.717) is 18.0 Å². The fraction of sp³-hybridized carbons (Fsp3) is 0.278. The van der Waals surface area contributed by atoms with Crippen LogP contribution < -0.4 is 10.1 Å². The number of nitrogens with one attached hydrogen (secondary N) is 1. The predicted octanol–water partition coefficient (Wildman–Crippen LogP) is 3.37. The molecule has 7 nitrogen and oxygen atoms in total. The Bertz CT molecular complexity index is 870. The van der Waals surface area contributed by atoms with E-state index in [1.165, 1.54) is 0 Å². The maximum absolute atomic E-state index is 14.1. The number of carbonyl (C=O) groups excluding carboxylic acids is 1. The van der Waals surface area contributed by atoms with Crippen LogP contribution in [0.3, 0.4) is 0 Å². The van der Waals surface area contributed by atoms with Crippen LogP contribution in [0.5, 0.6) is 5.75 Å². The maximum Gasteiger partial charge on any atom is 0.272 e. The number of nitrogens with zero attached hydrogens (tertiary/aromatic N) is 2. The quantitative estimate of drug-likeness (QED) is 0.668. The minimum atomic E-state index is -0.950. The molecular formula is C18H18FN3O4. The molecule has 0 fully saturated rings. The van der Waals surface area contributed by atoms with Crippen molar-refractivity contribution in [2.24, 2.45) is 0 Å². The summed E-state index contributed by atoms with van der Waals surface area (Å²) < 4.78 is 19.8. The molecule has 136 valence electrons. The average Bonchev–Trinajstić information content (AvgIpc) is 2.61. The minimum absolute atomic E-state index is 0.159. The molecule has 0 saturated heterocycles. The molecule has 8 heteroatoms. The number of benzene rings is 2. The molecule has 1 atom stereocenters. The summed E-state index contributed by atoms with van der Waals surface area (Å²) in [7, 11) is 3.94. The van der Waals surface area contributed by atoms with Crippen molar-refractivity contribution in [1.82, 2.24) is 4.90 Å². The van der Waals surface area contributed by atoms with Crippen LogP contribution in [-0.2, 0) is 0 Å². The lowest BCUT2D eigenvalue weighted by molar-refractivity contribution is -0.385. The SMILES string of the molecule is CN(C)C1CCOc2c(NC(=O)c3ccc([N+](=O)[O-])cc3F)cccc21. The van der Waals surface area contributed by atoms with Crippen LogP contribution in [-0.4, -0.2) is 36.4 Å². The molecular weight excluding hydrogens is 341 g/mol. The number of amides is 1. The number of hydrogen-bond donors (Lipinski definition) is 1. The fourth-order valence-electron chi connectivity index (χ4n) is 3.03. The first kappa shape index (κ1) is 17.8. The normalized spacial score (nSPS) is 15.9. The smallest absolute Gasteiger partial charge is 0.272 e. The second kappa shape index (κ2) is 7.09. The number of para-hydroxylation sites is 1. The molecule has 0 saturated carbocycles. The third-order valence-electron chi connectivity index (χ3n) is 4.32. The molecule has 1 aliphatic heterocycles. The van der Waals surface area contributed by atoms with Gasteiger partial charge in [0.2, 0.25) is 0 Å². The van der Waals surface area contributed by atoms with E-state index in [4.69, 9.17) is 4.74 Å². The number of non-ortho nitro benzene ring substituents is 1. The molecule has 0 aliphatic carbocycles. The van der Waals surface area contributed by atoms with E-state index in [0.717, 1.165) is 30.2 Å². The van der Waals surface area contributed by atoms with E-state index >= 15 is 0 Å². The fourth-order valence-corrected chi connectivity index (χ4v) is 3.03. The number of anilines is 1. The Morgan fingerprint density at radius 2 is 2.12 bits per heavy atom. The molecule has 0 spiro atoms. The lowest BCUT2D eigenvalue weighted by Crippen LogP contribution is -2.27. The monoisotopic (exact) mass is 359 g/mol. The summed E-state index contributed by atoms with van der Waals surface area (Å²) in [6.07, 6.45) is 0.828. The zero-order valence-corrected chi connectivity index (χ0v) is 14.4. The van der Waals surface area contributed by atoms with Crippen LogP contribution in [0.4, 0.5) is 15.8 Å². The second-order valence-electron chi connectivity index (χ2n) is 6.22. The van der Waals surface area contributed by atoms with Gasteiger partial charge in [-0.15, -0.1) is 0 Å². The number of fused-ring (bicyclic) bond motifs is 1. The second-order valence-corrected chi connectivity index (χ2v) is 6.22. The van der Waals surface area contributed by atoms with Gasteiger partial charge in [-0.05, 0) is 26.2 Å². The van der Waals surface area contributed by atoms with E-state index < -0.39 is 22.3 Å². The molecule has 1 unspecified atom stereocenters. The van der Waals surface area contributed by atoms with Crippen LogP contribution in [0.25, 0.3) is 0 Å². The lowest BCUT2D eigenvalue weighted by Gasteiger charge is -2.31. The number of hydrogen-bond acceptors (Lipinski definition) is 5. The van der Waals surface area contributed by atoms with E-state index in [1.54, 1.807) is 12.1 Å². The zero-order chi connectivity index (χ0) is 18.8. The van der Waals surface area contributed by atoms with Crippen molar-refractivity contribution >= 4 is 17.3 Å². The van der Waals surface area contributed by atoms with Crippen molar-refractivity contribution in [1.29, 1.82) is 0 Å². The van der Waals surface area contributed by atoms with Gasteiger partial charge in [0.1, 0.15) is 11.6 Å². The summed E-state index contributed by atoms with van der Waals surface area (Å²) in [5.41, 5.74) is 0.710. The van der Waals surface area contributed by atoms with E-state index in [-0.39, 0.29) is 11.6 Å². The summed E-state index contributed by atoms with van der Waals surface area (Å²) in [5.74, 6) is -1.08. The minimum Gasteiger partial charge on any atom is -0.491 e. The zero-order valence-electron chi connectivity index (χ0n) is 14.4. The van der Waals surface area contributed by atoms with Crippen LogP contribution in [0, 0.1) is 15.9 Å². The highest BCUT2D eigenvalue weighted by Gasteiger charge is 2.26. The molecule has 1 aliphatic rings. The Labute approximate surface area is 149 Å². The lowest BCUT2D eigenvalue weighted by atomic mass is 9.98. The first-order valence-electron chi connectivity index (χ1n) is 8.06. The first-order valence-corrected chi connectivity index (χ1v) is 8.06. The molecule has 2 aromatic rings. The van der Waals surface area contributed by atoms with Crippen LogP contribution >= 0.6 is 0 Å². The molecule has 1 heterocycles. The highest BCUT2D eigenvalue weighted by atomic mass is 19.1. The summed E-state index contributed by atoms with van der Waals surface area (Å²) in [4.78, 5) is 24.5. The van der Waals surface area contributed by atoms with Gasteiger partial charge in [-0.2, -0.15) is 0 Å². The van der Waals surface area contributed by atoms with Gasteiger partial charge in [0.25, 0.3) is 11.6 Å². The van der Waals surface area contributed by atoms with Gasteiger partial charge in [-0.1, -0.05) is 12.1 Å². The van der Waals surface area contributed by atoms with Crippen molar-refractivity contribution in [2.45, 2.75) is 12.5 Å². The number of nitro benzene ring substituents is 1. The molecule has 26 heavy (non-hydrogen) atoms. The number of ether oxygens (including phenoxy) is 1. The first-order chi connectivity index (χ1) is 12.4. The van der Waals surface area contributed by atoms with Crippen LogP contribution in [0.1, 0.15) is 28.4 Å². The summed E-state index contributed by atoms with van der Waals surface area (Å²) in [6.45, 7) is 0.509. The Balaban J connectivity index is 1.89. The summed E-state index contributed by atoms with van der Waals surface area (Å²) in [5, 5.41) is 13.3. The van der Waals surface area contributed by atoms with Gasteiger partial charge in [0.05, 0.1) is 28.8 Å². The summed E-state index contributed by atoms with van der Waals surface area (Å²) >= 11 is 0. The predicted molar refractivity (Wildman–Crippen MR) is 94.0 cm³/mol. The molecule has 0 bridgehead atoms. The topological polar surface area (TPSA) is 84.7 Å². The van der Waals surface area contributed by atoms with Gasteiger partial charge < -0.3 is 15.0 Å². The Hall–Kier alpha value is -3.00. The maximum atomic E-state index is 14.1. The Morgan fingerprint density at radius 1 is 1.35 bits per heavy atom. The third kappa shape index (κ3) is 3.36. The van der Waals surface area contributed by atoms with Gasteiger partial charge >= 0.3 is 0 Å². The largest absolute Gasteiger partial charge is 0.491 e. The van der Waals surface area contributed by atoms with E-state index in [2.05, 4.69) is 10.2 Å². The van der Waals surface area contributed by atoms with Crippen molar-refractivity contribution in [3.63, 3.8) is 0 Å². The third-order valence-corrected chi connectivity index (χ3v) is 4.32. The number of rotatable bonds is 4. The van der Waals surface area contributed by atoms with Gasteiger partial charge in [-0.25, -0.2) is 4.39 Å². The van der Waals surface area contributed by atoms with Gasteiger partial charge in [0.15, 0.2) is 0 Å². The molecule has 0 radical (unpaired) electrons. The van der Waals surface area contributed by atoms with Crippen molar-refractivity contribution < 1.29 is 18.8 Å². The van der Waals surface area contributed by atoms with Crippen LogP contribution in [0.2, 0.25) is 0 Å². The molecule has 1 amide bonds.